The van der Waals surface area contributed by atoms with Crippen molar-refractivity contribution >= 4 is 44.1 Å². The normalized spacial score (nSPS) is 17.6. The fourth-order valence-electron chi connectivity index (χ4n) is 3.18. The van der Waals surface area contributed by atoms with E-state index in [1.807, 2.05) is 6.92 Å². The number of hydrogen-bond acceptors (Lipinski definition) is 8. The highest BCUT2D eigenvalue weighted by molar-refractivity contribution is 7.89. The van der Waals surface area contributed by atoms with Crippen molar-refractivity contribution in [1.29, 1.82) is 0 Å². The number of aromatic nitrogens is 3. The van der Waals surface area contributed by atoms with E-state index < -0.39 is 10.0 Å². The molecule has 3 heterocycles. The molecule has 4 rings (SSSR count). The minimum Gasteiger partial charge on any atom is -0.296 e. The number of benzene rings is 1. The predicted molar refractivity (Wildman–Crippen MR) is 103 cm³/mol. The number of aryl methyl sites for hydroxylation is 1. The van der Waals surface area contributed by atoms with E-state index in [4.69, 9.17) is 0 Å². The quantitative estimate of drug-likeness (QED) is 0.658. The van der Waals surface area contributed by atoms with Crippen LogP contribution in [0.15, 0.2) is 28.5 Å². The number of fused-ring (bicyclic) bond motifs is 1. The number of hydrogen-bond donors (Lipinski definition) is 0. The molecule has 0 saturated carbocycles. The summed E-state index contributed by atoms with van der Waals surface area (Å²) in [6.07, 6.45) is 0.799. The van der Waals surface area contributed by atoms with E-state index >= 15 is 0 Å². The van der Waals surface area contributed by atoms with Crippen LogP contribution < -0.4 is 0 Å². The monoisotopic (exact) mass is 409 g/mol. The van der Waals surface area contributed by atoms with E-state index in [0.717, 1.165) is 41.9 Å². The van der Waals surface area contributed by atoms with Crippen molar-refractivity contribution in [2.75, 3.05) is 26.2 Å². The molecule has 0 spiro atoms. The second-order valence-corrected chi connectivity index (χ2v) is 9.78. The largest absolute Gasteiger partial charge is 0.296 e. The zero-order chi connectivity index (χ0) is 18.1. The molecule has 0 unspecified atom stereocenters. The van der Waals surface area contributed by atoms with Gasteiger partial charge in [-0.05, 0) is 32.0 Å². The molecular weight excluding hydrogens is 390 g/mol. The van der Waals surface area contributed by atoms with Crippen molar-refractivity contribution < 1.29 is 8.42 Å². The summed E-state index contributed by atoms with van der Waals surface area (Å²) in [7, 11) is -3.58. The van der Waals surface area contributed by atoms with Gasteiger partial charge in [0.25, 0.3) is 0 Å². The van der Waals surface area contributed by atoms with Crippen molar-refractivity contribution in [3.8, 4) is 0 Å². The van der Waals surface area contributed by atoms with Crippen LogP contribution in [-0.4, -0.2) is 57.5 Å². The second-order valence-electron chi connectivity index (χ2n) is 6.28. The summed E-state index contributed by atoms with van der Waals surface area (Å²) < 4.78 is 36.2. The van der Waals surface area contributed by atoms with Crippen LogP contribution >= 0.6 is 23.1 Å². The van der Waals surface area contributed by atoms with Gasteiger partial charge in [0.15, 0.2) is 0 Å². The molecule has 0 amide bonds. The summed E-state index contributed by atoms with van der Waals surface area (Å²) in [5.41, 5.74) is 2.16. The van der Waals surface area contributed by atoms with E-state index in [2.05, 4.69) is 24.0 Å². The molecule has 1 fully saturated rings. The summed E-state index contributed by atoms with van der Waals surface area (Å²) in [4.78, 5) is 7.04. The number of sulfonamides is 1. The molecule has 7 nitrogen and oxygen atoms in total. The lowest BCUT2D eigenvalue weighted by atomic mass is 10.3. The first kappa shape index (κ1) is 17.9. The van der Waals surface area contributed by atoms with Gasteiger partial charge in [-0.2, -0.15) is 13.1 Å². The first-order valence-corrected chi connectivity index (χ1v) is 11.4. The molecule has 2 aromatic heterocycles. The molecule has 1 aromatic carbocycles. The Morgan fingerprint density at radius 3 is 2.85 bits per heavy atom. The summed E-state index contributed by atoms with van der Waals surface area (Å²) in [6, 6.07) is 5.14. The Morgan fingerprint density at radius 2 is 2.04 bits per heavy atom. The number of rotatable bonds is 4. The maximum atomic E-state index is 13.2. The van der Waals surface area contributed by atoms with Gasteiger partial charge in [-0.3, -0.25) is 4.90 Å². The highest BCUT2D eigenvalue weighted by atomic mass is 32.2. The van der Waals surface area contributed by atoms with Crippen molar-refractivity contribution in [2.24, 2.45) is 0 Å². The Labute approximate surface area is 160 Å². The van der Waals surface area contributed by atoms with Gasteiger partial charge >= 0.3 is 0 Å². The molecule has 10 heteroatoms. The van der Waals surface area contributed by atoms with Crippen LogP contribution in [0, 0.1) is 6.92 Å². The molecule has 0 atom stereocenters. The summed E-state index contributed by atoms with van der Waals surface area (Å²) in [5.74, 6) is 0. The lowest BCUT2D eigenvalue weighted by molar-refractivity contribution is 0.276. The third-order valence-electron chi connectivity index (χ3n) is 4.47. The standard InChI is InChI=1S/C16H19N5O2S3/c1-12-17-13(11-24-12)10-20-6-3-7-21(9-8-20)26(22,23)15-5-2-4-14-16(15)19-25-18-14/h2,4-5,11H,3,6-10H2,1H3. The van der Waals surface area contributed by atoms with Gasteiger partial charge in [0, 0.05) is 31.6 Å². The van der Waals surface area contributed by atoms with Gasteiger partial charge in [0.1, 0.15) is 15.9 Å². The van der Waals surface area contributed by atoms with Crippen molar-refractivity contribution in [3.05, 3.63) is 34.3 Å². The maximum absolute atomic E-state index is 13.2. The molecule has 26 heavy (non-hydrogen) atoms. The van der Waals surface area contributed by atoms with Gasteiger partial charge in [-0.15, -0.1) is 11.3 Å². The Hall–Kier alpha value is -1.46. The van der Waals surface area contributed by atoms with Gasteiger partial charge in [-0.1, -0.05) is 6.07 Å². The van der Waals surface area contributed by atoms with Crippen LogP contribution in [0.3, 0.4) is 0 Å². The minimum atomic E-state index is -3.58. The van der Waals surface area contributed by atoms with E-state index in [9.17, 15) is 8.42 Å². The molecule has 1 aliphatic heterocycles. The molecule has 0 bridgehead atoms. The average molecular weight is 410 g/mol. The summed E-state index contributed by atoms with van der Waals surface area (Å²) >= 11 is 2.69. The summed E-state index contributed by atoms with van der Waals surface area (Å²) in [6.45, 7) is 5.32. The van der Waals surface area contributed by atoms with Gasteiger partial charge < -0.3 is 0 Å². The third kappa shape index (κ3) is 3.52. The fraction of sp³-hybridized carbons (Fsp3) is 0.438. The van der Waals surface area contributed by atoms with E-state index in [-0.39, 0.29) is 4.90 Å². The molecular formula is C16H19N5O2S3. The van der Waals surface area contributed by atoms with E-state index in [1.165, 1.54) is 0 Å². The highest BCUT2D eigenvalue weighted by Gasteiger charge is 2.29. The second kappa shape index (κ2) is 7.28. The molecule has 3 aromatic rings. The van der Waals surface area contributed by atoms with Crippen molar-refractivity contribution in [3.63, 3.8) is 0 Å². The smallest absolute Gasteiger partial charge is 0.245 e. The van der Waals surface area contributed by atoms with E-state index in [0.29, 0.717) is 30.7 Å². The Kier molecular flexibility index (Phi) is 5.02. The van der Waals surface area contributed by atoms with Crippen LogP contribution in [0.25, 0.3) is 11.0 Å². The highest BCUT2D eigenvalue weighted by Crippen LogP contribution is 2.25. The van der Waals surface area contributed by atoms with Gasteiger partial charge in [-0.25, -0.2) is 13.4 Å². The zero-order valence-electron chi connectivity index (χ0n) is 14.3. The lowest BCUT2D eigenvalue weighted by Crippen LogP contribution is -2.35. The molecule has 1 saturated heterocycles. The molecule has 0 radical (unpaired) electrons. The first-order valence-electron chi connectivity index (χ1n) is 8.39. The molecule has 0 aliphatic carbocycles. The SMILES string of the molecule is Cc1nc(CN2CCCN(S(=O)(=O)c3cccc4nsnc34)CC2)cs1. The Bertz CT molecular complexity index is 1010. The van der Waals surface area contributed by atoms with Crippen LogP contribution in [-0.2, 0) is 16.6 Å². The Morgan fingerprint density at radius 1 is 1.15 bits per heavy atom. The topological polar surface area (TPSA) is 79.3 Å². The van der Waals surface area contributed by atoms with E-state index in [1.54, 1.807) is 33.8 Å². The lowest BCUT2D eigenvalue weighted by Gasteiger charge is -2.21. The fourth-order valence-corrected chi connectivity index (χ4v) is 6.01. The first-order chi connectivity index (χ1) is 12.5. The molecule has 1 aliphatic rings. The van der Waals surface area contributed by atoms with Gasteiger partial charge in [0.05, 0.1) is 22.4 Å². The van der Waals surface area contributed by atoms with Crippen LogP contribution in [0.5, 0.6) is 0 Å². The summed E-state index contributed by atoms with van der Waals surface area (Å²) in [5, 5.41) is 3.13. The number of nitrogens with zero attached hydrogens (tertiary/aromatic N) is 5. The molecule has 0 N–H and O–H groups in total. The minimum absolute atomic E-state index is 0.257. The predicted octanol–water partition coefficient (Wildman–Crippen LogP) is 2.35. The van der Waals surface area contributed by atoms with Crippen molar-refractivity contribution in [2.45, 2.75) is 24.8 Å². The number of thiazole rings is 1. The average Bonchev–Trinajstić information content (AvgIpc) is 3.18. The van der Waals surface area contributed by atoms with Crippen LogP contribution in [0.4, 0.5) is 0 Å². The zero-order valence-corrected chi connectivity index (χ0v) is 16.8. The van der Waals surface area contributed by atoms with Crippen LogP contribution in [0.2, 0.25) is 0 Å². The van der Waals surface area contributed by atoms with Gasteiger partial charge in [0.2, 0.25) is 10.0 Å². The van der Waals surface area contributed by atoms with Crippen molar-refractivity contribution in [1.82, 2.24) is 22.9 Å². The third-order valence-corrected chi connectivity index (χ3v) is 7.76. The maximum Gasteiger partial charge on any atom is 0.245 e. The molecule has 138 valence electrons. The Balaban J connectivity index is 1.52. The van der Waals surface area contributed by atoms with Crippen LogP contribution in [0.1, 0.15) is 17.1 Å².